The Kier molecular flexibility index (Phi) is 4.52. The first kappa shape index (κ1) is 13.5. The molecule has 1 heterocycles. The number of aromatic nitrogens is 1. The summed E-state index contributed by atoms with van der Waals surface area (Å²) in [6.07, 6.45) is 1.52. The second-order valence-corrected chi connectivity index (χ2v) is 5.06. The van der Waals surface area contributed by atoms with Gasteiger partial charge < -0.3 is 10.5 Å². The topological polar surface area (TPSA) is 65.2 Å². The number of benzene rings is 1. The van der Waals surface area contributed by atoms with E-state index in [-0.39, 0.29) is 5.97 Å². The monoisotopic (exact) mass is 276 g/mol. The largest absolute Gasteiger partial charge is 0.462 e. The Balaban J connectivity index is 2.10. The molecule has 2 N–H and O–H groups in total. The van der Waals surface area contributed by atoms with Crippen LogP contribution in [0, 0.1) is 0 Å². The molecule has 100 valence electrons. The number of carbonyl (C=O) groups is 1. The van der Waals surface area contributed by atoms with E-state index in [1.165, 1.54) is 16.9 Å². The summed E-state index contributed by atoms with van der Waals surface area (Å²) >= 11 is 1.19. The molecular formula is C14H16N2O2S. The van der Waals surface area contributed by atoms with E-state index in [1.54, 1.807) is 6.92 Å². The number of nitrogen functional groups attached to an aromatic ring is 1. The van der Waals surface area contributed by atoms with Crippen LogP contribution in [0.4, 0.5) is 5.13 Å². The fourth-order valence-corrected chi connectivity index (χ4v) is 2.58. The SMILES string of the molecule is CCOC(=O)c1sc(N)nc1CCc1ccccc1. The molecule has 19 heavy (non-hydrogen) atoms. The number of anilines is 1. The zero-order valence-corrected chi connectivity index (χ0v) is 11.6. The lowest BCUT2D eigenvalue weighted by Gasteiger charge is -2.02. The molecule has 0 aliphatic rings. The Morgan fingerprint density at radius 2 is 2.05 bits per heavy atom. The van der Waals surface area contributed by atoms with Crippen molar-refractivity contribution in [3.05, 3.63) is 46.5 Å². The van der Waals surface area contributed by atoms with Gasteiger partial charge in [0.05, 0.1) is 12.3 Å². The van der Waals surface area contributed by atoms with Crippen molar-refractivity contribution < 1.29 is 9.53 Å². The number of carbonyl (C=O) groups excluding carboxylic acids is 1. The standard InChI is InChI=1S/C14H16N2O2S/c1-2-18-13(17)12-11(16-14(15)19-12)9-8-10-6-4-3-5-7-10/h3-7H,2,8-9H2,1H3,(H2,15,16). The fraction of sp³-hybridized carbons (Fsp3) is 0.286. The summed E-state index contributed by atoms with van der Waals surface area (Å²) in [6.45, 7) is 2.14. The van der Waals surface area contributed by atoms with Crippen molar-refractivity contribution in [1.82, 2.24) is 4.98 Å². The van der Waals surface area contributed by atoms with Gasteiger partial charge in [0.15, 0.2) is 5.13 Å². The van der Waals surface area contributed by atoms with Crippen molar-refractivity contribution >= 4 is 22.4 Å². The van der Waals surface area contributed by atoms with E-state index in [0.29, 0.717) is 23.0 Å². The summed E-state index contributed by atoms with van der Waals surface area (Å²) < 4.78 is 5.01. The number of nitrogens with two attached hydrogens (primary N) is 1. The molecule has 0 atom stereocenters. The van der Waals surface area contributed by atoms with E-state index in [0.717, 1.165) is 12.1 Å². The highest BCUT2D eigenvalue weighted by atomic mass is 32.1. The van der Waals surface area contributed by atoms with Crippen molar-refractivity contribution in [3.8, 4) is 0 Å². The molecule has 5 heteroatoms. The predicted molar refractivity (Wildman–Crippen MR) is 76.3 cm³/mol. The lowest BCUT2D eigenvalue weighted by molar-refractivity contribution is 0.0530. The normalized spacial score (nSPS) is 10.4. The molecule has 2 rings (SSSR count). The van der Waals surface area contributed by atoms with E-state index in [4.69, 9.17) is 10.5 Å². The van der Waals surface area contributed by atoms with Crippen molar-refractivity contribution in [1.29, 1.82) is 0 Å². The summed E-state index contributed by atoms with van der Waals surface area (Å²) in [5.41, 5.74) is 7.62. The Morgan fingerprint density at radius 3 is 2.74 bits per heavy atom. The molecule has 1 aromatic carbocycles. The Labute approximate surface area is 116 Å². The summed E-state index contributed by atoms with van der Waals surface area (Å²) in [4.78, 5) is 16.5. The van der Waals surface area contributed by atoms with Gasteiger partial charge in [-0.25, -0.2) is 9.78 Å². The van der Waals surface area contributed by atoms with E-state index >= 15 is 0 Å². The van der Waals surface area contributed by atoms with Crippen LogP contribution >= 0.6 is 11.3 Å². The molecule has 4 nitrogen and oxygen atoms in total. The van der Waals surface area contributed by atoms with Crippen LogP contribution in [-0.4, -0.2) is 17.6 Å². The molecule has 1 aromatic heterocycles. The maximum Gasteiger partial charge on any atom is 0.350 e. The van der Waals surface area contributed by atoms with Gasteiger partial charge in [-0.3, -0.25) is 0 Å². The van der Waals surface area contributed by atoms with Gasteiger partial charge in [0.2, 0.25) is 0 Å². The average Bonchev–Trinajstić information content (AvgIpc) is 2.79. The first-order valence-electron chi connectivity index (χ1n) is 6.17. The van der Waals surface area contributed by atoms with E-state index < -0.39 is 0 Å². The minimum Gasteiger partial charge on any atom is -0.462 e. The summed E-state index contributed by atoms with van der Waals surface area (Å²) in [5, 5.41) is 0.408. The number of hydrogen-bond acceptors (Lipinski definition) is 5. The zero-order valence-electron chi connectivity index (χ0n) is 10.8. The second-order valence-electron chi connectivity index (χ2n) is 4.03. The first-order valence-corrected chi connectivity index (χ1v) is 6.98. The van der Waals surface area contributed by atoms with E-state index in [2.05, 4.69) is 17.1 Å². The lowest BCUT2D eigenvalue weighted by Crippen LogP contribution is -2.06. The molecule has 0 fully saturated rings. The minimum atomic E-state index is -0.334. The van der Waals surface area contributed by atoms with Gasteiger partial charge in [-0.2, -0.15) is 0 Å². The third-order valence-corrected chi connectivity index (χ3v) is 3.57. The molecule has 0 spiro atoms. The van der Waals surface area contributed by atoms with Crippen LogP contribution in [0.25, 0.3) is 0 Å². The molecule has 0 aliphatic heterocycles. The van der Waals surface area contributed by atoms with Gasteiger partial charge >= 0.3 is 5.97 Å². The van der Waals surface area contributed by atoms with Crippen molar-refractivity contribution in [2.45, 2.75) is 19.8 Å². The number of aryl methyl sites for hydroxylation is 2. The highest BCUT2D eigenvalue weighted by Crippen LogP contribution is 2.23. The van der Waals surface area contributed by atoms with Gasteiger partial charge in [-0.1, -0.05) is 41.7 Å². The zero-order chi connectivity index (χ0) is 13.7. The molecule has 0 bridgehead atoms. The van der Waals surface area contributed by atoms with Crippen LogP contribution in [0.15, 0.2) is 30.3 Å². The number of rotatable bonds is 5. The number of nitrogens with zero attached hydrogens (tertiary/aromatic N) is 1. The number of thiazole rings is 1. The van der Waals surface area contributed by atoms with Crippen molar-refractivity contribution in [2.24, 2.45) is 0 Å². The predicted octanol–water partition coefficient (Wildman–Crippen LogP) is 2.69. The third-order valence-electron chi connectivity index (χ3n) is 2.67. The van der Waals surface area contributed by atoms with Crippen molar-refractivity contribution in [3.63, 3.8) is 0 Å². The molecule has 2 aromatic rings. The maximum atomic E-state index is 11.8. The Hall–Kier alpha value is -1.88. The Morgan fingerprint density at radius 1 is 1.32 bits per heavy atom. The third kappa shape index (κ3) is 3.54. The van der Waals surface area contributed by atoms with Gasteiger partial charge in [0.1, 0.15) is 4.88 Å². The number of esters is 1. The average molecular weight is 276 g/mol. The van der Waals surface area contributed by atoms with Gasteiger partial charge in [-0.15, -0.1) is 0 Å². The van der Waals surface area contributed by atoms with Crippen molar-refractivity contribution in [2.75, 3.05) is 12.3 Å². The molecular weight excluding hydrogens is 260 g/mol. The Bertz CT molecular complexity index is 552. The summed E-state index contributed by atoms with van der Waals surface area (Å²) in [7, 11) is 0. The number of hydrogen-bond donors (Lipinski definition) is 1. The van der Waals surface area contributed by atoms with E-state index in [1.807, 2.05) is 18.2 Å². The minimum absolute atomic E-state index is 0.334. The molecule has 0 amide bonds. The molecule has 0 saturated heterocycles. The van der Waals surface area contributed by atoms with Crippen LogP contribution in [0.2, 0.25) is 0 Å². The van der Waals surface area contributed by atoms with Gasteiger partial charge in [0, 0.05) is 0 Å². The van der Waals surface area contributed by atoms with E-state index in [9.17, 15) is 4.79 Å². The summed E-state index contributed by atoms with van der Waals surface area (Å²) in [6, 6.07) is 10.1. The van der Waals surface area contributed by atoms with Crippen LogP contribution in [0.5, 0.6) is 0 Å². The highest BCUT2D eigenvalue weighted by molar-refractivity contribution is 7.17. The second kappa shape index (κ2) is 6.33. The van der Waals surface area contributed by atoms with Crippen LogP contribution in [0.1, 0.15) is 27.9 Å². The quantitative estimate of drug-likeness (QED) is 0.853. The molecule has 0 radical (unpaired) electrons. The van der Waals surface area contributed by atoms with Gasteiger partial charge in [0.25, 0.3) is 0 Å². The van der Waals surface area contributed by atoms with Crippen LogP contribution in [0.3, 0.4) is 0 Å². The lowest BCUT2D eigenvalue weighted by atomic mass is 10.1. The first-order chi connectivity index (χ1) is 9.20. The molecule has 0 saturated carbocycles. The van der Waals surface area contributed by atoms with Crippen LogP contribution < -0.4 is 5.73 Å². The summed E-state index contributed by atoms with van der Waals surface area (Å²) in [5.74, 6) is -0.334. The maximum absolute atomic E-state index is 11.8. The smallest absolute Gasteiger partial charge is 0.350 e. The number of ether oxygens (including phenoxy) is 1. The molecule has 0 aliphatic carbocycles. The van der Waals surface area contributed by atoms with Crippen LogP contribution in [-0.2, 0) is 17.6 Å². The fourth-order valence-electron chi connectivity index (χ4n) is 1.80. The molecule has 0 unspecified atom stereocenters. The highest BCUT2D eigenvalue weighted by Gasteiger charge is 2.17. The van der Waals surface area contributed by atoms with Gasteiger partial charge in [-0.05, 0) is 25.3 Å².